The molecular weight excluding hydrogens is 356 g/mol. The van der Waals surface area contributed by atoms with Gasteiger partial charge in [0.05, 0.1) is 18.4 Å². The smallest absolute Gasteiger partial charge is 0.0988 e. The van der Waals surface area contributed by atoms with Gasteiger partial charge in [0.2, 0.25) is 0 Å². The molecule has 0 bridgehead atoms. The molecule has 144 valence electrons. The minimum absolute atomic E-state index is 0.0925. The van der Waals surface area contributed by atoms with Crippen molar-refractivity contribution >= 4 is 27.3 Å². The number of rotatable bonds is 4. The minimum atomic E-state index is 0.0925. The first-order chi connectivity index (χ1) is 14.3. The predicted molar refractivity (Wildman–Crippen MR) is 120 cm³/mol. The highest BCUT2D eigenvalue weighted by atomic mass is 16.3. The molecule has 1 saturated heterocycles. The first kappa shape index (κ1) is 17.9. The molecule has 1 aliphatic heterocycles. The highest BCUT2D eigenvalue weighted by Crippen LogP contribution is 2.28. The largest absolute Gasteiger partial charge is 0.394 e. The lowest BCUT2D eigenvalue weighted by molar-refractivity contribution is 0.163. The molecule has 0 aromatic heterocycles. The fraction of sp³-hybridized carbons (Fsp3) is 0.192. The van der Waals surface area contributed by atoms with Crippen molar-refractivity contribution in [3.05, 3.63) is 96.1 Å². The standard InChI is InChI=1S/C26H24N2O/c29-18-21-12-7-17-28(21)27-26(24-15-5-10-19-8-1-3-13-22(19)24)25-16-6-11-20-9-2-4-14-23(20)25/h1-6,8-11,13-16,21,29H,7,12,17-18H2/t21-/m0/s1. The fourth-order valence-electron chi connectivity index (χ4n) is 4.38. The van der Waals surface area contributed by atoms with Gasteiger partial charge >= 0.3 is 0 Å². The Hall–Kier alpha value is -3.17. The van der Waals surface area contributed by atoms with Crippen molar-refractivity contribution in [2.45, 2.75) is 18.9 Å². The van der Waals surface area contributed by atoms with E-state index in [2.05, 4.69) is 89.9 Å². The van der Waals surface area contributed by atoms with Crippen molar-refractivity contribution in [3.63, 3.8) is 0 Å². The number of hydrogen-bond acceptors (Lipinski definition) is 3. The summed E-state index contributed by atoms with van der Waals surface area (Å²) in [5, 5.41) is 21.9. The third-order valence-electron chi connectivity index (χ3n) is 5.87. The summed E-state index contributed by atoms with van der Waals surface area (Å²) in [5.41, 5.74) is 3.23. The Morgan fingerprint density at radius 3 is 1.93 bits per heavy atom. The molecule has 5 rings (SSSR count). The lowest BCUT2D eigenvalue weighted by atomic mass is 9.93. The number of hydrazone groups is 1. The van der Waals surface area contributed by atoms with Crippen LogP contribution in [0.3, 0.4) is 0 Å². The second kappa shape index (κ2) is 7.69. The van der Waals surface area contributed by atoms with Crippen LogP contribution in [0.5, 0.6) is 0 Å². The Balaban J connectivity index is 1.78. The minimum Gasteiger partial charge on any atom is -0.394 e. The van der Waals surface area contributed by atoms with Crippen molar-refractivity contribution in [2.75, 3.05) is 13.2 Å². The summed E-state index contributed by atoms with van der Waals surface area (Å²) in [6.07, 6.45) is 2.05. The van der Waals surface area contributed by atoms with E-state index in [1.54, 1.807) is 0 Å². The van der Waals surface area contributed by atoms with Crippen LogP contribution in [0.25, 0.3) is 21.5 Å². The Kier molecular flexibility index (Phi) is 4.74. The molecule has 3 heteroatoms. The third kappa shape index (κ3) is 3.28. The lowest BCUT2D eigenvalue weighted by Crippen LogP contribution is -2.29. The van der Waals surface area contributed by atoms with Crippen molar-refractivity contribution in [3.8, 4) is 0 Å². The van der Waals surface area contributed by atoms with Gasteiger partial charge in [0.25, 0.3) is 0 Å². The fourth-order valence-corrected chi connectivity index (χ4v) is 4.38. The Morgan fingerprint density at radius 1 is 0.793 bits per heavy atom. The molecule has 4 aromatic carbocycles. The summed E-state index contributed by atoms with van der Waals surface area (Å²) in [6.45, 7) is 1.02. The van der Waals surface area contributed by atoms with Gasteiger partial charge in [-0.15, -0.1) is 0 Å². The summed E-state index contributed by atoms with van der Waals surface area (Å²) in [4.78, 5) is 0. The van der Waals surface area contributed by atoms with Crippen LogP contribution in [-0.4, -0.2) is 35.0 Å². The maximum atomic E-state index is 9.82. The predicted octanol–water partition coefficient (Wildman–Crippen LogP) is 5.20. The van der Waals surface area contributed by atoms with Gasteiger partial charge in [-0.1, -0.05) is 84.9 Å². The molecule has 1 heterocycles. The van der Waals surface area contributed by atoms with E-state index in [1.807, 2.05) is 0 Å². The monoisotopic (exact) mass is 380 g/mol. The summed E-state index contributed by atoms with van der Waals surface area (Å²) in [7, 11) is 0. The lowest BCUT2D eigenvalue weighted by Gasteiger charge is -2.22. The number of benzene rings is 4. The number of aliphatic hydroxyl groups excluding tert-OH is 1. The molecule has 0 aliphatic carbocycles. The van der Waals surface area contributed by atoms with Crippen LogP contribution in [0.2, 0.25) is 0 Å². The molecule has 29 heavy (non-hydrogen) atoms. The van der Waals surface area contributed by atoms with E-state index >= 15 is 0 Å². The molecule has 1 N–H and O–H groups in total. The molecule has 1 atom stereocenters. The first-order valence-electron chi connectivity index (χ1n) is 10.3. The van der Waals surface area contributed by atoms with Crippen LogP contribution in [0.4, 0.5) is 0 Å². The second-order valence-corrected chi connectivity index (χ2v) is 7.64. The van der Waals surface area contributed by atoms with Gasteiger partial charge in [-0.2, -0.15) is 5.10 Å². The average Bonchev–Trinajstić information content (AvgIpc) is 3.24. The zero-order valence-electron chi connectivity index (χ0n) is 16.3. The number of fused-ring (bicyclic) bond motifs is 2. The van der Waals surface area contributed by atoms with E-state index in [1.165, 1.54) is 21.5 Å². The molecule has 0 saturated carbocycles. The van der Waals surface area contributed by atoms with E-state index in [0.29, 0.717) is 0 Å². The van der Waals surface area contributed by atoms with Gasteiger partial charge in [0, 0.05) is 17.7 Å². The van der Waals surface area contributed by atoms with Crippen LogP contribution in [0.15, 0.2) is 90.0 Å². The summed E-state index contributed by atoms with van der Waals surface area (Å²) >= 11 is 0. The van der Waals surface area contributed by atoms with Gasteiger partial charge < -0.3 is 5.11 Å². The van der Waals surface area contributed by atoms with Crippen molar-refractivity contribution < 1.29 is 5.11 Å². The molecule has 0 unspecified atom stereocenters. The maximum Gasteiger partial charge on any atom is 0.0988 e. The normalized spacial score (nSPS) is 16.4. The summed E-state index contributed by atoms with van der Waals surface area (Å²) in [6, 6.07) is 29.8. The van der Waals surface area contributed by atoms with Gasteiger partial charge in [0.1, 0.15) is 0 Å². The zero-order chi connectivity index (χ0) is 19.6. The highest BCUT2D eigenvalue weighted by molar-refractivity contribution is 6.23. The van der Waals surface area contributed by atoms with Crippen LogP contribution >= 0.6 is 0 Å². The molecule has 3 nitrogen and oxygen atoms in total. The topological polar surface area (TPSA) is 35.8 Å². The van der Waals surface area contributed by atoms with Gasteiger partial charge in [-0.3, -0.25) is 5.01 Å². The van der Waals surface area contributed by atoms with E-state index in [9.17, 15) is 5.11 Å². The van der Waals surface area contributed by atoms with E-state index in [4.69, 9.17) is 5.10 Å². The van der Waals surface area contributed by atoms with E-state index < -0.39 is 0 Å². The van der Waals surface area contributed by atoms with Crippen LogP contribution in [0.1, 0.15) is 24.0 Å². The van der Waals surface area contributed by atoms with E-state index in [0.717, 1.165) is 36.2 Å². The molecular formula is C26H24N2O. The van der Waals surface area contributed by atoms with Crippen molar-refractivity contribution in [1.29, 1.82) is 0 Å². The zero-order valence-corrected chi connectivity index (χ0v) is 16.3. The molecule has 0 amide bonds. The first-order valence-corrected chi connectivity index (χ1v) is 10.3. The third-order valence-corrected chi connectivity index (χ3v) is 5.87. The van der Waals surface area contributed by atoms with Gasteiger partial charge in [-0.05, 0) is 34.4 Å². The summed E-state index contributed by atoms with van der Waals surface area (Å²) < 4.78 is 0. The Morgan fingerprint density at radius 2 is 1.34 bits per heavy atom. The van der Waals surface area contributed by atoms with Gasteiger partial charge in [0.15, 0.2) is 0 Å². The SMILES string of the molecule is OC[C@@H]1CCCN1N=C(c1cccc2ccccc12)c1cccc2ccccc12. The van der Waals surface area contributed by atoms with E-state index in [-0.39, 0.29) is 12.6 Å². The summed E-state index contributed by atoms with van der Waals surface area (Å²) in [5.74, 6) is 0. The number of nitrogens with zero attached hydrogens (tertiary/aromatic N) is 2. The maximum absolute atomic E-state index is 9.82. The number of hydrogen-bond donors (Lipinski definition) is 1. The second-order valence-electron chi connectivity index (χ2n) is 7.64. The Bertz CT molecular complexity index is 1110. The quantitative estimate of drug-likeness (QED) is 0.494. The van der Waals surface area contributed by atoms with Crippen LogP contribution in [-0.2, 0) is 0 Å². The number of aliphatic hydroxyl groups is 1. The molecule has 0 radical (unpaired) electrons. The molecule has 4 aromatic rings. The van der Waals surface area contributed by atoms with Crippen molar-refractivity contribution in [2.24, 2.45) is 5.10 Å². The molecule has 1 aliphatic rings. The van der Waals surface area contributed by atoms with Crippen LogP contribution < -0.4 is 0 Å². The molecule has 0 spiro atoms. The Labute approximate surface area is 170 Å². The van der Waals surface area contributed by atoms with Crippen LogP contribution in [0, 0.1) is 0 Å². The van der Waals surface area contributed by atoms with Gasteiger partial charge in [-0.25, -0.2) is 0 Å². The van der Waals surface area contributed by atoms with Crippen molar-refractivity contribution in [1.82, 2.24) is 5.01 Å². The highest BCUT2D eigenvalue weighted by Gasteiger charge is 2.24. The molecule has 1 fully saturated rings. The average molecular weight is 380 g/mol.